The zero-order chi connectivity index (χ0) is 20.3. The van der Waals surface area contributed by atoms with Gasteiger partial charge in [0.1, 0.15) is 5.82 Å². The van der Waals surface area contributed by atoms with Gasteiger partial charge < -0.3 is 5.32 Å². The molecule has 0 unspecified atom stereocenters. The lowest BCUT2D eigenvalue weighted by Crippen LogP contribution is -2.39. The van der Waals surface area contributed by atoms with Gasteiger partial charge in [0.25, 0.3) is 0 Å². The van der Waals surface area contributed by atoms with Gasteiger partial charge in [-0.2, -0.15) is 0 Å². The summed E-state index contributed by atoms with van der Waals surface area (Å²) in [7, 11) is 0. The van der Waals surface area contributed by atoms with Crippen LogP contribution in [0.4, 0.5) is 5.82 Å². The fraction of sp³-hybridized carbons (Fsp3) is 0.360. The Labute approximate surface area is 183 Å². The lowest BCUT2D eigenvalue weighted by Gasteiger charge is -2.33. The maximum Gasteiger partial charge on any atom is 0.161 e. The van der Waals surface area contributed by atoms with Gasteiger partial charge in [0.2, 0.25) is 0 Å². The summed E-state index contributed by atoms with van der Waals surface area (Å²) in [6.45, 7) is 3.27. The number of nitrogens with one attached hydrogen (secondary N) is 1. The molecule has 2 aliphatic rings. The Bertz CT molecular complexity index is 996. The first-order chi connectivity index (χ1) is 14.7. The summed E-state index contributed by atoms with van der Waals surface area (Å²) in [5.74, 6) is 1.85. The highest BCUT2D eigenvalue weighted by Gasteiger charge is 2.24. The third kappa shape index (κ3) is 4.35. The van der Waals surface area contributed by atoms with E-state index in [0.29, 0.717) is 6.04 Å². The van der Waals surface area contributed by atoms with E-state index in [1.807, 2.05) is 24.3 Å². The van der Waals surface area contributed by atoms with E-state index < -0.39 is 0 Å². The Morgan fingerprint density at radius 2 is 1.70 bits per heavy atom. The molecule has 1 aliphatic carbocycles. The first-order valence-electron chi connectivity index (χ1n) is 10.9. The van der Waals surface area contributed by atoms with Crippen molar-refractivity contribution >= 4 is 17.4 Å². The van der Waals surface area contributed by atoms with Gasteiger partial charge in [0, 0.05) is 47.5 Å². The van der Waals surface area contributed by atoms with Crippen LogP contribution in [0.3, 0.4) is 0 Å². The standard InChI is InChI=1S/C25H27ClN4/c26-20-11-9-19(10-12-20)24-28-23-8-4-7-22(23)25(29-24)27-21-13-15-30(16-14-21)17-18-5-2-1-3-6-18/h1-3,5-6,9-12,21H,4,7-8,13-17H2,(H,27,28,29). The Hall–Kier alpha value is -2.43. The number of likely N-dealkylation sites (tertiary alicyclic amines) is 1. The molecule has 30 heavy (non-hydrogen) atoms. The Morgan fingerprint density at radius 3 is 2.47 bits per heavy atom. The van der Waals surface area contributed by atoms with Crippen LogP contribution in [0.1, 0.15) is 36.1 Å². The number of hydrogen-bond donors (Lipinski definition) is 1. The number of fused-ring (bicyclic) bond motifs is 1. The fourth-order valence-electron chi connectivity index (χ4n) is 4.55. The second kappa shape index (κ2) is 8.75. The summed E-state index contributed by atoms with van der Waals surface area (Å²) in [6.07, 6.45) is 5.57. The van der Waals surface area contributed by atoms with Crippen LogP contribution in [-0.4, -0.2) is 34.0 Å². The minimum absolute atomic E-state index is 0.467. The molecule has 2 heterocycles. The molecule has 0 bridgehead atoms. The molecule has 5 heteroatoms. The Kier molecular flexibility index (Phi) is 5.69. The van der Waals surface area contributed by atoms with Crippen molar-refractivity contribution in [1.29, 1.82) is 0 Å². The number of hydrogen-bond acceptors (Lipinski definition) is 4. The molecule has 0 radical (unpaired) electrons. The Balaban J connectivity index is 1.29. The van der Waals surface area contributed by atoms with Crippen molar-refractivity contribution in [3.8, 4) is 11.4 Å². The van der Waals surface area contributed by atoms with Crippen molar-refractivity contribution in [3.63, 3.8) is 0 Å². The quantitative estimate of drug-likeness (QED) is 0.605. The Morgan fingerprint density at radius 1 is 0.933 bits per heavy atom. The van der Waals surface area contributed by atoms with Crippen molar-refractivity contribution in [2.45, 2.75) is 44.7 Å². The molecular formula is C25H27ClN4. The number of halogens is 1. The highest BCUT2D eigenvalue weighted by atomic mass is 35.5. The third-order valence-corrected chi connectivity index (χ3v) is 6.46. The molecule has 1 aliphatic heterocycles. The topological polar surface area (TPSA) is 41.1 Å². The molecule has 1 fully saturated rings. The molecule has 1 saturated heterocycles. The highest BCUT2D eigenvalue weighted by molar-refractivity contribution is 6.30. The van der Waals surface area contributed by atoms with Crippen LogP contribution in [0.25, 0.3) is 11.4 Å². The number of aromatic nitrogens is 2. The molecule has 0 amide bonds. The first kappa shape index (κ1) is 19.5. The van der Waals surface area contributed by atoms with Crippen LogP contribution in [0, 0.1) is 0 Å². The van der Waals surface area contributed by atoms with Gasteiger partial charge in [-0.15, -0.1) is 0 Å². The highest BCUT2D eigenvalue weighted by Crippen LogP contribution is 2.31. The summed E-state index contributed by atoms with van der Waals surface area (Å²) in [5, 5.41) is 4.52. The van der Waals surface area contributed by atoms with Gasteiger partial charge >= 0.3 is 0 Å². The molecule has 4 nitrogen and oxygen atoms in total. The normalized spacial score (nSPS) is 17.1. The van der Waals surface area contributed by atoms with E-state index >= 15 is 0 Å². The molecule has 1 aromatic heterocycles. The number of rotatable bonds is 5. The molecule has 0 saturated carbocycles. The number of nitrogens with zero attached hydrogens (tertiary/aromatic N) is 3. The van der Waals surface area contributed by atoms with Crippen LogP contribution in [-0.2, 0) is 19.4 Å². The molecule has 5 rings (SSSR count). The first-order valence-corrected chi connectivity index (χ1v) is 11.3. The van der Waals surface area contributed by atoms with Crippen molar-refractivity contribution in [2.75, 3.05) is 18.4 Å². The lowest BCUT2D eigenvalue weighted by molar-refractivity contribution is 0.211. The number of piperidine rings is 1. The van der Waals surface area contributed by atoms with Crippen molar-refractivity contribution in [1.82, 2.24) is 14.9 Å². The maximum atomic E-state index is 6.06. The summed E-state index contributed by atoms with van der Waals surface area (Å²) in [4.78, 5) is 12.4. The zero-order valence-electron chi connectivity index (χ0n) is 17.1. The number of aryl methyl sites for hydroxylation is 1. The van der Waals surface area contributed by atoms with Crippen LogP contribution < -0.4 is 5.32 Å². The molecular weight excluding hydrogens is 392 g/mol. The van der Waals surface area contributed by atoms with Gasteiger partial charge in [0.05, 0.1) is 0 Å². The van der Waals surface area contributed by atoms with Crippen molar-refractivity contribution in [3.05, 3.63) is 76.4 Å². The monoisotopic (exact) mass is 418 g/mol. The number of benzene rings is 2. The fourth-order valence-corrected chi connectivity index (χ4v) is 4.68. The van der Waals surface area contributed by atoms with Crippen LogP contribution in [0.5, 0.6) is 0 Å². The second-order valence-corrected chi connectivity index (χ2v) is 8.80. The van der Waals surface area contributed by atoms with E-state index in [0.717, 1.165) is 74.0 Å². The molecule has 154 valence electrons. The smallest absolute Gasteiger partial charge is 0.161 e. The van der Waals surface area contributed by atoms with E-state index in [2.05, 4.69) is 40.5 Å². The largest absolute Gasteiger partial charge is 0.367 e. The third-order valence-electron chi connectivity index (χ3n) is 6.21. The van der Waals surface area contributed by atoms with Gasteiger partial charge in [-0.25, -0.2) is 9.97 Å². The van der Waals surface area contributed by atoms with Gasteiger partial charge in [0.15, 0.2) is 5.82 Å². The summed E-state index contributed by atoms with van der Waals surface area (Å²) < 4.78 is 0. The van der Waals surface area contributed by atoms with Gasteiger partial charge in [-0.1, -0.05) is 41.9 Å². The van der Waals surface area contributed by atoms with Crippen LogP contribution in [0.15, 0.2) is 54.6 Å². The predicted octanol–water partition coefficient (Wildman–Crippen LogP) is 5.36. The predicted molar refractivity (Wildman–Crippen MR) is 123 cm³/mol. The summed E-state index contributed by atoms with van der Waals surface area (Å²) in [5.41, 5.74) is 4.94. The molecule has 2 aromatic carbocycles. The molecule has 0 spiro atoms. The molecule has 1 N–H and O–H groups in total. The molecule has 3 aromatic rings. The van der Waals surface area contributed by atoms with Crippen molar-refractivity contribution < 1.29 is 0 Å². The minimum Gasteiger partial charge on any atom is -0.367 e. The van der Waals surface area contributed by atoms with Crippen molar-refractivity contribution in [2.24, 2.45) is 0 Å². The minimum atomic E-state index is 0.467. The maximum absolute atomic E-state index is 6.06. The number of anilines is 1. The molecule has 0 atom stereocenters. The van der Waals surface area contributed by atoms with Gasteiger partial charge in [-0.3, -0.25) is 4.90 Å². The van der Waals surface area contributed by atoms with E-state index in [1.165, 1.54) is 16.8 Å². The van der Waals surface area contributed by atoms with E-state index in [1.54, 1.807) is 0 Å². The van der Waals surface area contributed by atoms with Crippen LogP contribution in [0.2, 0.25) is 5.02 Å². The summed E-state index contributed by atoms with van der Waals surface area (Å²) >= 11 is 6.06. The SMILES string of the molecule is Clc1ccc(-c2nc3c(c(NC4CCN(Cc5ccccc5)CC4)n2)CCC3)cc1. The average molecular weight is 419 g/mol. The second-order valence-electron chi connectivity index (χ2n) is 8.36. The van der Waals surface area contributed by atoms with Gasteiger partial charge in [-0.05, 0) is 61.9 Å². The zero-order valence-corrected chi connectivity index (χ0v) is 17.9. The van der Waals surface area contributed by atoms with Crippen LogP contribution >= 0.6 is 11.6 Å². The summed E-state index contributed by atoms with van der Waals surface area (Å²) in [6, 6.07) is 19.0. The van der Waals surface area contributed by atoms with E-state index in [9.17, 15) is 0 Å². The lowest BCUT2D eigenvalue weighted by atomic mass is 10.0. The van der Waals surface area contributed by atoms with E-state index in [-0.39, 0.29) is 0 Å². The van der Waals surface area contributed by atoms with E-state index in [4.69, 9.17) is 21.6 Å². The average Bonchev–Trinajstić information content (AvgIpc) is 3.25.